The molecule has 0 bridgehead atoms. The summed E-state index contributed by atoms with van der Waals surface area (Å²) in [7, 11) is 0. The van der Waals surface area contributed by atoms with Crippen molar-refractivity contribution in [1.29, 1.82) is 0 Å². The van der Waals surface area contributed by atoms with Gasteiger partial charge < -0.3 is 10.0 Å². The van der Waals surface area contributed by atoms with E-state index >= 15 is 0 Å². The summed E-state index contributed by atoms with van der Waals surface area (Å²) in [5.74, 6) is -1.32. The van der Waals surface area contributed by atoms with Crippen LogP contribution in [0.15, 0.2) is 24.3 Å². The second-order valence-corrected chi connectivity index (χ2v) is 3.75. The van der Waals surface area contributed by atoms with Crippen LogP contribution in [0.25, 0.3) is 0 Å². The topological polar surface area (TPSA) is 40.5 Å². The number of halogens is 1. The first kappa shape index (κ1) is 9.96. The number of hydrogen-bond acceptors (Lipinski definition) is 2. The molecule has 0 unspecified atom stereocenters. The number of carbonyl (C=O) groups is 1. The lowest BCUT2D eigenvalue weighted by molar-refractivity contribution is -0.140. The third-order valence-electron chi connectivity index (χ3n) is 2.73. The zero-order valence-corrected chi connectivity index (χ0v) is 8.19. The molecule has 3 nitrogen and oxygen atoms in total. The highest BCUT2D eigenvalue weighted by atomic mass is 19.1. The predicted octanol–water partition coefficient (Wildman–Crippen LogP) is 1.74. The number of anilines is 1. The zero-order valence-electron chi connectivity index (χ0n) is 8.19. The standard InChI is InChI=1S/C11H12FNO2/c12-9-1-3-10(4-2-9)13-6-5-8(7-13)11(14)15/h1-4,8H,5-7H2,(H,14,15)/t8-/m0/s1. The Morgan fingerprint density at radius 3 is 2.60 bits per heavy atom. The summed E-state index contributed by atoms with van der Waals surface area (Å²) < 4.78 is 12.7. The van der Waals surface area contributed by atoms with E-state index in [1.165, 1.54) is 12.1 Å². The Morgan fingerprint density at radius 2 is 2.07 bits per heavy atom. The molecule has 0 saturated carbocycles. The molecular weight excluding hydrogens is 197 g/mol. The Labute approximate surface area is 87.1 Å². The first-order valence-corrected chi connectivity index (χ1v) is 4.90. The van der Waals surface area contributed by atoms with E-state index in [0.29, 0.717) is 13.0 Å². The average molecular weight is 209 g/mol. The minimum Gasteiger partial charge on any atom is -0.481 e. The Kier molecular flexibility index (Phi) is 2.58. The van der Waals surface area contributed by atoms with Crippen LogP contribution < -0.4 is 4.90 Å². The van der Waals surface area contributed by atoms with Crippen molar-refractivity contribution in [2.75, 3.05) is 18.0 Å². The number of hydrogen-bond donors (Lipinski definition) is 1. The zero-order chi connectivity index (χ0) is 10.8. The predicted molar refractivity (Wildman–Crippen MR) is 54.4 cm³/mol. The molecule has 1 saturated heterocycles. The smallest absolute Gasteiger partial charge is 0.308 e. The molecule has 1 heterocycles. The van der Waals surface area contributed by atoms with Crippen LogP contribution in [0.4, 0.5) is 10.1 Å². The molecule has 0 spiro atoms. The lowest BCUT2D eigenvalue weighted by Gasteiger charge is -2.17. The Bertz CT molecular complexity index is 363. The summed E-state index contributed by atoms with van der Waals surface area (Å²) in [5, 5.41) is 8.84. The maximum absolute atomic E-state index is 12.7. The van der Waals surface area contributed by atoms with Crippen molar-refractivity contribution in [2.45, 2.75) is 6.42 Å². The van der Waals surface area contributed by atoms with Crippen molar-refractivity contribution in [3.63, 3.8) is 0 Å². The van der Waals surface area contributed by atoms with Crippen LogP contribution in [-0.2, 0) is 4.79 Å². The summed E-state index contributed by atoms with van der Waals surface area (Å²) in [6.07, 6.45) is 0.659. The Hall–Kier alpha value is -1.58. The normalized spacial score (nSPS) is 20.6. The van der Waals surface area contributed by atoms with Crippen molar-refractivity contribution < 1.29 is 14.3 Å². The van der Waals surface area contributed by atoms with Gasteiger partial charge in [0.15, 0.2) is 0 Å². The van der Waals surface area contributed by atoms with Crippen molar-refractivity contribution >= 4 is 11.7 Å². The van der Waals surface area contributed by atoms with Gasteiger partial charge in [0.05, 0.1) is 5.92 Å². The fourth-order valence-corrected chi connectivity index (χ4v) is 1.85. The van der Waals surface area contributed by atoms with Gasteiger partial charge in [0.25, 0.3) is 0 Å². The SMILES string of the molecule is O=C(O)[C@H]1CCN(c2ccc(F)cc2)C1. The second kappa shape index (κ2) is 3.88. The largest absolute Gasteiger partial charge is 0.481 e. The molecule has 4 heteroatoms. The lowest BCUT2D eigenvalue weighted by Crippen LogP contribution is -2.22. The maximum atomic E-state index is 12.7. The first-order valence-electron chi connectivity index (χ1n) is 4.90. The molecule has 1 N–H and O–H groups in total. The molecule has 2 rings (SSSR count). The molecule has 80 valence electrons. The molecule has 0 aliphatic carbocycles. The van der Waals surface area contributed by atoms with Gasteiger partial charge in [-0.15, -0.1) is 0 Å². The number of aliphatic carboxylic acids is 1. The molecule has 0 amide bonds. The van der Waals surface area contributed by atoms with Crippen LogP contribution in [0.1, 0.15) is 6.42 Å². The summed E-state index contributed by atoms with van der Waals surface area (Å²) in [5.41, 5.74) is 0.889. The molecule has 1 aromatic carbocycles. The van der Waals surface area contributed by atoms with E-state index in [2.05, 4.69) is 0 Å². The summed E-state index contributed by atoms with van der Waals surface area (Å²) in [6.45, 7) is 1.24. The van der Waals surface area contributed by atoms with Gasteiger partial charge in [-0.2, -0.15) is 0 Å². The number of benzene rings is 1. The number of nitrogens with zero attached hydrogens (tertiary/aromatic N) is 1. The number of carboxylic acids is 1. The minimum atomic E-state index is -0.750. The fourth-order valence-electron chi connectivity index (χ4n) is 1.85. The summed E-state index contributed by atoms with van der Waals surface area (Å²) >= 11 is 0. The van der Waals surface area contributed by atoms with Crippen molar-refractivity contribution in [3.8, 4) is 0 Å². The van der Waals surface area contributed by atoms with Crippen LogP contribution in [0.3, 0.4) is 0 Å². The third-order valence-corrected chi connectivity index (χ3v) is 2.73. The highest BCUT2D eigenvalue weighted by Gasteiger charge is 2.27. The second-order valence-electron chi connectivity index (χ2n) is 3.75. The molecule has 0 aromatic heterocycles. The van der Waals surface area contributed by atoms with E-state index in [4.69, 9.17) is 5.11 Å². The maximum Gasteiger partial charge on any atom is 0.308 e. The highest BCUT2D eigenvalue weighted by molar-refractivity contribution is 5.72. The van der Waals surface area contributed by atoms with E-state index in [1.54, 1.807) is 12.1 Å². The molecule has 1 fully saturated rings. The van der Waals surface area contributed by atoms with E-state index in [9.17, 15) is 9.18 Å². The van der Waals surface area contributed by atoms with Crippen LogP contribution >= 0.6 is 0 Å². The van der Waals surface area contributed by atoms with Gasteiger partial charge in [0.2, 0.25) is 0 Å². The molecule has 1 aliphatic rings. The van der Waals surface area contributed by atoms with Crippen LogP contribution in [0.5, 0.6) is 0 Å². The van der Waals surface area contributed by atoms with Crippen molar-refractivity contribution in [1.82, 2.24) is 0 Å². The summed E-state index contributed by atoms with van der Waals surface area (Å²) in [4.78, 5) is 12.7. The molecule has 1 aliphatic heterocycles. The van der Waals surface area contributed by atoms with E-state index < -0.39 is 5.97 Å². The first-order chi connectivity index (χ1) is 7.16. The van der Waals surface area contributed by atoms with Gasteiger partial charge in [-0.3, -0.25) is 4.79 Å². The van der Waals surface area contributed by atoms with Gasteiger partial charge in [-0.25, -0.2) is 4.39 Å². The van der Waals surface area contributed by atoms with Gasteiger partial charge in [-0.05, 0) is 30.7 Å². The fraction of sp³-hybridized carbons (Fsp3) is 0.364. The van der Waals surface area contributed by atoms with E-state index in [-0.39, 0.29) is 11.7 Å². The average Bonchev–Trinajstić information content (AvgIpc) is 2.68. The van der Waals surface area contributed by atoms with E-state index in [1.807, 2.05) is 4.90 Å². The quantitative estimate of drug-likeness (QED) is 0.806. The van der Waals surface area contributed by atoms with E-state index in [0.717, 1.165) is 12.2 Å². The molecule has 1 aromatic rings. The molecule has 1 atom stereocenters. The van der Waals surface area contributed by atoms with Gasteiger partial charge in [-0.1, -0.05) is 0 Å². The molecular formula is C11H12FNO2. The van der Waals surface area contributed by atoms with Gasteiger partial charge >= 0.3 is 5.97 Å². The molecule has 15 heavy (non-hydrogen) atoms. The summed E-state index contributed by atoms with van der Waals surface area (Å²) in [6, 6.07) is 6.14. The van der Waals surface area contributed by atoms with Crippen LogP contribution in [0, 0.1) is 11.7 Å². The van der Waals surface area contributed by atoms with Gasteiger partial charge in [0.1, 0.15) is 5.82 Å². The number of rotatable bonds is 2. The number of carboxylic acid groups (broad SMARTS) is 1. The Morgan fingerprint density at radius 1 is 1.40 bits per heavy atom. The monoisotopic (exact) mass is 209 g/mol. The third kappa shape index (κ3) is 2.09. The van der Waals surface area contributed by atoms with Crippen LogP contribution in [0.2, 0.25) is 0 Å². The van der Waals surface area contributed by atoms with Crippen LogP contribution in [-0.4, -0.2) is 24.2 Å². The van der Waals surface area contributed by atoms with Gasteiger partial charge in [0, 0.05) is 18.8 Å². The van der Waals surface area contributed by atoms with Crippen molar-refractivity contribution in [3.05, 3.63) is 30.1 Å². The molecule has 0 radical (unpaired) electrons. The lowest BCUT2D eigenvalue weighted by atomic mass is 10.1. The Balaban J connectivity index is 2.07. The van der Waals surface area contributed by atoms with Crippen molar-refractivity contribution in [2.24, 2.45) is 5.92 Å². The highest BCUT2D eigenvalue weighted by Crippen LogP contribution is 2.23. The minimum absolute atomic E-state index is 0.271.